The summed E-state index contributed by atoms with van der Waals surface area (Å²) in [6.45, 7) is 3.53. The lowest BCUT2D eigenvalue weighted by atomic mass is 9.94. The van der Waals surface area contributed by atoms with Crippen molar-refractivity contribution in [1.29, 1.82) is 5.26 Å². The maximum absolute atomic E-state index is 12.5. The molecule has 0 unspecified atom stereocenters. The molecule has 2 saturated heterocycles. The van der Waals surface area contributed by atoms with Gasteiger partial charge in [-0.2, -0.15) is 5.26 Å². The highest BCUT2D eigenvalue weighted by molar-refractivity contribution is 5.79. The number of piperidine rings is 1. The van der Waals surface area contributed by atoms with Crippen LogP contribution in [0.4, 0.5) is 0 Å². The van der Waals surface area contributed by atoms with Gasteiger partial charge in [-0.25, -0.2) is 4.98 Å². The standard InChI is InChI=1S/C18H23N3O3/c19-12-16-2-1-7-20-17(16)24-13-14-3-8-21(9-4-14)18(22)15-5-10-23-11-6-15/h1-2,7,14-15H,3-6,8-11,13H2. The number of carbonyl (C=O) groups excluding carboxylic acids is 1. The van der Waals surface area contributed by atoms with E-state index in [0.29, 0.717) is 37.2 Å². The average Bonchev–Trinajstić information content (AvgIpc) is 2.67. The maximum atomic E-state index is 12.5. The van der Waals surface area contributed by atoms with Gasteiger partial charge in [0.2, 0.25) is 11.8 Å². The van der Waals surface area contributed by atoms with Crippen molar-refractivity contribution in [3.8, 4) is 11.9 Å². The zero-order valence-electron chi connectivity index (χ0n) is 13.8. The fourth-order valence-corrected chi connectivity index (χ4v) is 3.31. The van der Waals surface area contributed by atoms with Crippen molar-refractivity contribution in [2.45, 2.75) is 25.7 Å². The van der Waals surface area contributed by atoms with Crippen LogP contribution in [0.2, 0.25) is 0 Å². The lowest BCUT2D eigenvalue weighted by Crippen LogP contribution is -2.43. The lowest BCUT2D eigenvalue weighted by molar-refractivity contribution is -0.140. The number of hydrogen-bond donors (Lipinski definition) is 0. The second kappa shape index (κ2) is 8.11. The van der Waals surface area contributed by atoms with Crippen molar-refractivity contribution in [2.24, 2.45) is 11.8 Å². The third-order valence-corrected chi connectivity index (χ3v) is 4.84. The Kier molecular flexibility index (Phi) is 5.65. The lowest BCUT2D eigenvalue weighted by Gasteiger charge is -2.35. The van der Waals surface area contributed by atoms with Crippen molar-refractivity contribution in [1.82, 2.24) is 9.88 Å². The van der Waals surface area contributed by atoms with Gasteiger partial charge in [-0.1, -0.05) is 0 Å². The van der Waals surface area contributed by atoms with Crippen molar-refractivity contribution in [3.63, 3.8) is 0 Å². The van der Waals surface area contributed by atoms with E-state index in [9.17, 15) is 4.79 Å². The van der Waals surface area contributed by atoms with E-state index in [2.05, 4.69) is 11.1 Å². The molecule has 1 aromatic rings. The predicted molar refractivity (Wildman–Crippen MR) is 87.3 cm³/mol. The van der Waals surface area contributed by atoms with Gasteiger partial charge in [-0.3, -0.25) is 4.79 Å². The number of nitrogens with zero attached hydrogens (tertiary/aromatic N) is 3. The van der Waals surface area contributed by atoms with Crippen molar-refractivity contribution in [3.05, 3.63) is 23.9 Å². The zero-order chi connectivity index (χ0) is 16.8. The molecule has 1 amide bonds. The highest BCUT2D eigenvalue weighted by Gasteiger charge is 2.29. The Hall–Kier alpha value is -2.13. The Bertz CT molecular complexity index is 600. The van der Waals surface area contributed by atoms with E-state index in [1.54, 1.807) is 18.3 Å². The topological polar surface area (TPSA) is 75.5 Å². The molecule has 3 heterocycles. The number of hydrogen-bond acceptors (Lipinski definition) is 5. The molecule has 128 valence electrons. The molecule has 6 nitrogen and oxygen atoms in total. The first-order valence-corrected chi connectivity index (χ1v) is 8.62. The second-order valence-electron chi connectivity index (χ2n) is 6.43. The molecule has 0 atom stereocenters. The third-order valence-electron chi connectivity index (χ3n) is 4.84. The summed E-state index contributed by atoms with van der Waals surface area (Å²) in [5.41, 5.74) is 0.463. The second-order valence-corrected chi connectivity index (χ2v) is 6.43. The van der Waals surface area contributed by atoms with E-state index in [1.807, 2.05) is 4.90 Å². The van der Waals surface area contributed by atoms with Gasteiger partial charge in [-0.15, -0.1) is 0 Å². The quantitative estimate of drug-likeness (QED) is 0.844. The monoisotopic (exact) mass is 329 g/mol. The first kappa shape index (κ1) is 16.7. The number of pyridine rings is 1. The number of aromatic nitrogens is 1. The number of nitriles is 1. The minimum atomic E-state index is 0.137. The minimum Gasteiger partial charge on any atom is -0.476 e. The summed E-state index contributed by atoms with van der Waals surface area (Å²) in [6.07, 6.45) is 5.19. The summed E-state index contributed by atoms with van der Waals surface area (Å²) in [6, 6.07) is 5.52. The van der Waals surface area contributed by atoms with Crippen LogP contribution in [0.15, 0.2) is 18.3 Å². The van der Waals surface area contributed by atoms with Gasteiger partial charge in [-0.05, 0) is 43.7 Å². The van der Waals surface area contributed by atoms with E-state index < -0.39 is 0 Å². The molecule has 0 N–H and O–H groups in total. The summed E-state index contributed by atoms with van der Waals surface area (Å²) in [5, 5.41) is 9.05. The van der Waals surface area contributed by atoms with Crippen LogP contribution in [-0.2, 0) is 9.53 Å². The van der Waals surface area contributed by atoms with Crippen molar-refractivity contribution >= 4 is 5.91 Å². The smallest absolute Gasteiger partial charge is 0.231 e. The molecule has 0 bridgehead atoms. The molecule has 0 radical (unpaired) electrons. The molecule has 0 aromatic carbocycles. The zero-order valence-corrected chi connectivity index (χ0v) is 13.8. The first-order chi connectivity index (χ1) is 11.8. The fourth-order valence-electron chi connectivity index (χ4n) is 3.31. The Labute approximate surface area is 142 Å². The van der Waals surface area contributed by atoms with Gasteiger partial charge >= 0.3 is 0 Å². The fraction of sp³-hybridized carbons (Fsp3) is 0.611. The van der Waals surface area contributed by atoms with Crippen LogP contribution in [0, 0.1) is 23.2 Å². The third kappa shape index (κ3) is 4.04. The Morgan fingerprint density at radius 1 is 1.33 bits per heavy atom. The number of ether oxygens (including phenoxy) is 2. The molecule has 1 aromatic heterocycles. The molecule has 0 spiro atoms. The van der Waals surface area contributed by atoms with Gasteiger partial charge < -0.3 is 14.4 Å². The minimum absolute atomic E-state index is 0.137. The van der Waals surface area contributed by atoms with E-state index in [4.69, 9.17) is 14.7 Å². The molecule has 2 aliphatic heterocycles. The number of likely N-dealkylation sites (tertiary alicyclic amines) is 1. The molecule has 24 heavy (non-hydrogen) atoms. The van der Waals surface area contributed by atoms with Crippen molar-refractivity contribution in [2.75, 3.05) is 32.9 Å². The van der Waals surface area contributed by atoms with Crippen LogP contribution in [0.3, 0.4) is 0 Å². The normalized spacial score (nSPS) is 19.7. The van der Waals surface area contributed by atoms with Crippen LogP contribution in [0.1, 0.15) is 31.2 Å². The highest BCUT2D eigenvalue weighted by atomic mass is 16.5. The average molecular weight is 329 g/mol. The molecule has 0 aliphatic carbocycles. The summed E-state index contributed by atoms with van der Waals surface area (Å²) >= 11 is 0. The van der Waals surface area contributed by atoms with E-state index in [-0.39, 0.29) is 11.8 Å². The van der Waals surface area contributed by atoms with Crippen LogP contribution < -0.4 is 4.74 Å². The first-order valence-electron chi connectivity index (χ1n) is 8.62. The van der Waals surface area contributed by atoms with Crippen LogP contribution in [-0.4, -0.2) is 48.7 Å². The van der Waals surface area contributed by atoms with Gasteiger partial charge in [0.15, 0.2) is 0 Å². The number of amides is 1. The predicted octanol–water partition coefficient (Wildman–Crippen LogP) is 2.00. The SMILES string of the molecule is N#Cc1cccnc1OCC1CCN(C(=O)C2CCOCC2)CC1. The van der Waals surface area contributed by atoms with Gasteiger partial charge in [0.25, 0.3) is 0 Å². The van der Waals surface area contributed by atoms with E-state index >= 15 is 0 Å². The summed E-state index contributed by atoms with van der Waals surface area (Å²) in [4.78, 5) is 18.6. The van der Waals surface area contributed by atoms with E-state index in [0.717, 1.165) is 38.8 Å². The van der Waals surface area contributed by atoms with Gasteiger partial charge in [0, 0.05) is 38.4 Å². The summed E-state index contributed by atoms with van der Waals surface area (Å²) < 4.78 is 11.1. The molecule has 2 aliphatic rings. The summed E-state index contributed by atoms with van der Waals surface area (Å²) in [5.74, 6) is 1.23. The number of carbonyl (C=O) groups is 1. The Balaban J connectivity index is 1.45. The molecule has 2 fully saturated rings. The number of rotatable bonds is 4. The van der Waals surface area contributed by atoms with Gasteiger partial charge in [0.05, 0.1) is 6.61 Å². The van der Waals surface area contributed by atoms with E-state index in [1.165, 1.54) is 0 Å². The molecular formula is C18H23N3O3. The van der Waals surface area contributed by atoms with Gasteiger partial charge in [0.1, 0.15) is 11.6 Å². The summed E-state index contributed by atoms with van der Waals surface area (Å²) in [7, 11) is 0. The van der Waals surface area contributed by atoms with Crippen molar-refractivity contribution < 1.29 is 14.3 Å². The van der Waals surface area contributed by atoms with Crippen LogP contribution >= 0.6 is 0 Å². The van der Waals surface area contributed by atoms with Crippen LogP contribution in [0.5, 0.6) is 5.88 Å². The maximum Gasteiger partial charge on any atom is 0.231 e. The Morgan fingerprint density at radius 3 is 2.79 bits per heavy atom. The molecule has 3 rings (SSSR count). The molecule has 6 heteroatoms. The van der Waals surface area contributed by atoms with Crippen LogP contribution in [0.25, 0.3) is 0 Å². The Morgan fingerprint density at radius 2 is 2.08 bits per heavy atom. The molecule has 0 saturated carbocycles. The largest absolute Gasteiger partial charge is 0.476 e. The highest BCUT2D eigenvalue weighted by Crippen LogP contribution is 2.24. The molecular weight excluding hydrogens is 306 g/mol.